The molecule has 1 aliphatic heterocycles. The summed E-state index contributed by atoms with van der Waals surface area (Å²) >= 11 is 0. The van der Waals surface area contributed by atoms with Gasteiger partial charge in [-0.2, -0.15) is 0 Å². The zero-order valence-electron chi connectivity index (χ0n) is 17.2. The number of aliphatic hydroxyl groups excluding tert-OH is 1. The number of carbonyl (C=O) groups is 1. The quantitative estimate of drug-likeness (QED) is 0.489. The predicted octanol–water partition coefficient (Wildman–Crippen LogP) is 3.87. The van der Waals surface area contributed by atoms with Gasteiger partial charge in [-0.3, -0.25) is 4.79 Å². The van der Waals surface area contributed by atoms with Crippen LogP contribution < -0.4 is 14.8 Å². The smallest absolute Gasteiger partial charge is 0.290 e. The highest BCUT2D eigenvalue weighted by molar-refractivity contribution is 5.44. The largest absolute Gasteiger partial charge is 0.483 e. The van der Waals surface area contributed by atoms with Gasteiger partial charge in [0.05, 0.1) is 0 Å². The van der Waals surface area contributed by atoms with Crippen LogP contribution in [0.15, 0.2) is 31.4 Å². The molecule has 0 fully saturated rings. The first-order valence-corrected chi connectivity index (χ1v) is 9.32. The first-order valence-electron chi connectivity index (χ1n) is 9.32. The summed E-state index contributed by atoms with van der Waals surface area (Å²) in [5.41, 5.74) is 1.30. The van der Waals surface area contributed by atoms with Gasteiger partial charge in [-0.15, -0.1) is 13.2 Å². The molecule has 0 bridgehead atoms. The predicted molar refractivity (Wildman–Crippen MR) is 111 cm³/mol. The zero-order valence-corrected chi connectivity index (χ0v) is 17.2. The van der Waals surface area contributed by atoms with E-state index in [9.17, 15) is 0 Å². The number of rotatable bonds is 7. The number of hydrogen-bond acceptors (Lipinski definition) is 5. The van der Waals surface area contributed by atoms with Gasteiger partial charge in [0.25, 0.3) is 6.47 Å². The van der Waals surface area contributed by atoms with Crippen LogP contribution in [0.5, 0.6) is 11.5 Å². The van der Waals surface area contributed by atoms with E-state index in [0.717, 1.165) is 30.4 Å². The molecule has 1 aliphatic rings. The summed E-state index contributed by atoms with van der Waals surface area (Å²) in [4.78, 5) is 8.36. The molecule has 0 saturated carbocycles. The second-order valence-corrected chi connectivity index (χ2v) is 5.97. The number of aliphatic hydroxyl groups is 1. The summed E-state index contributed by atoms with van der Waals surface area (Å²) in [6.07, 6.45) is 3.54. The maximum atomic E-state index is 8.36. The van der Waals surface area contributed by atoms with Crippen LogP contribution in [-0.2, 0) is 11.2 Å². The number of fused-ring (bicyclic) bond motifs is 1. The van der Waals surface area contributed by atoms with E-state index in [2.05, 4.69) is 51.4 Å². The van der Waals surface area contributed by atoms with E-state index >= 15 is 0 Å². The fourth-order valence-electron chi connectivity index (χ4n) is 2.27. The lowest BCUT2D eigenvalue weighted by Crippen LogP contribution is -2.29. The summed E-state index contributed by atoms with van der Waals surface area (Å²) in [6.45, 7) is 15.9. The monoisotopic (exact) mass is 383 g/mol. The summed E-state index contributed by atoms with van der Waals surface area (Å²) in [7, 11) is 0. The first-order chi connectivity index (χ1) is 13.0. The van der Waals surface area contributed by atoms with Gasteiger partial charge in [-0.25, -0.2) is 0 Å². The van der Waals surface area contributed by atoms with Crippen molar-refractivity contribution >= 4 is 6.47 Å². The molecule has 2 atom stereocenters. The highest BCUT2D eigenvalue weighted by Gasteiger charge is 2.14. The number of hydrogen-bond donors (Lipinski definition) is 3. The Bertz CT molecular complexity index is 482. The molecule has 2 unspecified atom stereocenters. The van der Waals surface area contributed by atoms with E-state index in [4.69, 9.17) is 24.5 Å². The molecule has 1 aromatic rings. The standard InChI is InChI=1S/C16H25NO2.C2H6O.C2H4.CH2O2/c1-4-12(2)7-8-17-13(3)9-14-5-6-15-16(10-14)19-11-18-15;1-2-3;1-2;2-1-3/h5-6,10,12-13,17H,4,7-9,11H2,1-3H3;3H,2H2,1H3;1-2H2;1H,(H,2,3). The van der Waals surface area contributed by atoms with Gasteiger partial charge in [-0.05, 0) is 56.8 Å². The van der Waals surface area contributed by atoms with Gasteiger partial charge in [0.1, 0.15) is 0 Å². The summed E-state index contributed by atoms with van der Waals surface area (Å²) in [5, 5.41) is 18.1. The molecule has 156 valence electrons. The van der Waals surface area contributed by atoms with Crippen LogP contribution in [0.2, 0.25) is 0 Å². The van der Waals surface area contributed by atoms with Gasteiger partial charge < -0.3 is 25.0 Å². The van der Waals surface area contributed by atoms with Crippen LogP contribution >= 0.6 is 0 Å². The van der Waals surface area contributed by atoms with Crippen molar-refractivity contribution in [3.8, 4) is 11.5 Å². The lowest BCUT2D eigenvalue weighted by molar-refractivity contribution is -0.122. The molecule has 0 radical (unpaired) electrons. The molecule has 1 heterocycles. The van der Waals surface area contributed by atoms with Crippen molar-refractivity contribution in [1.29, 1.82) is 0 Å². The number of nitrogens with one attached hydrogen (secondary N) is 1. The normalized spacial score (nSPS) is 12.8. The molecule has 0 aliphatic carbocycles. The van der Waals surface area contributed by atoms with Gasteiger partial charge in [0.2, 0.25) is 6.79 Å². The highest BCUT2D eigenvalue weighted by atomic mass is 16.7. The SMILES string of the molecule is C=C.CCC(C)CCNC(C)Cc1ccc2c(c1)OCO2.CCO.O=CO. The molecule has 0 aromatic heterocycles. The Balaban J connectivity index is 0. The molecule has 2 rings (SSSR count). The van der Waals surface area contributed by atoms with Crippen LogP contribution in [0.3, 0.4) is 0 Å². The van der Waals surface area contributed by atoms with E-state index in [1.165, 1.54) is 18.4 Å². The zero-order chi connectivity index (χ0) is 21.1. The highest BCUT2D eigenvalue weighted by Crippen LogP contribution is 2.32. The van der Waals surface area contributed by atoms with Crippen molar-refractivity contribution in [3.63, 3.8) is 0 Å². The molecule has 1 aromatic carbocycles. The fraction of sp³-hybridized carbons (Fsp3) is 0.571. The van der Waals surface area contributed by atoms with Crippen molar-refractivity contribution in [2.24, 2.45) is 5.92 Å². The Morgan fingerprint density at radius 1 is 1.22 bits per heavy atom. The molecule has 0 spiro atoms. The summed E-state index contributed by atoms with van der Waals surface area (Å²) in [5.74, 6) is 2.55. The molecular formula is C21H37NO5. The van der Waals surface area contributed by atoms with E-state index < -0.39 is 0 Å². The minimum absolute atomic E-state index is 0.250. The third-order valence-electron chi connectivity index (χ3n) is 3.81. The first kappa shape index (κ1) is 27.2. The summed E-state index contributed by atoms with van der Waals surface area (Å²) in [6, 6.07) is 6.71. The van der Waals surface area contributed by atoms with Crippen molar-refractivity contribution < 1.29 is 24.5 Å². The number of benzene rings is 1. The lowest BCUT2D eigenvalue weighted by atomic mass is 10.0. The average molecular weight is 384 g/mol. The maximum absolute atomic E-state index is 8.36. The van der Waals surface area contributed by atoms with E-state index in [1.54, 1.807) is 6.92 Å². The second-order valence-electron chi connectivity index (χ2n) is 5.97. The van der Waals surface area contributed by atoms with Crippen molar-refractivity contribution in [3.05, 3.63) is 36.9 Å². The van der Waals surface area contributed by atoms with Gasteiger partial charge in [0.15, 0.2) is 11.5 Å². The van der Waals surface area contributed by atoms with Gasteiger partial charge >= 0.3 is 0 Å². The molecule has 3 N–H and O–H groups in total. The molecule has 0 amide bonds. The van der Waals surface area contributed by atoms with Gasteiger partial charge in [0, 0.05) is 12.6 Å². The summed E-state index contributed by atoms with van der Waals surface area (Å²) < 4.78 is 10.7. The van der Waals surface area contributed by atoms with Crippen LogP contribution in [-0.4, -0.2) is 42.7 Å². The van der Waals surface area contributed by atoms with Gasteiger partial charge in [-0.1, -0.05) is 26.3 Å². The molecular weight excluding hydrogens is 346 g/mol. The second kappa shape index (κ2) is 18.7. The molecule has 27 heavy (non-hydrogen) atoms. The minimum atomic E-state index is -0.250. The Morgan fingerprint density at radius 3 is 2.33 bits per heavy atom. The third-order valence-corrected chi connectivity index (χ3v) is 3.81. The Labute approximate surface area is 164 Å². The minimum Gasteiger partial charge on any atom is -0.483 e. The Kier molecular flexibility index (Phi) is 18.9. The van der Waals surface area contributed by atoms with Crippen molar-refractivity contribution in [2.75, 3.05) is 19.9 Å². The topological polar surface area (TPSA) is 88.0 Å². The van der Waals surface area contributed by atoms with E-state index in [-0.39, 0.29) is 13.1 Å². The lowest BCUT2D eigenvalue weighted by Gasteiger charge is -2.16. The van der Waals surface area contributed by atoms with E-state index in [0.29, 0.717) is 12.8 Å². The Morgan fingerprint density at radius 2 is 1.78 bits per heavy atom. The maximum Gasteiger partial charge on any atom is 0.290 e. The van der Waals surface area contributed by atoms with Crippen LogP contribution in [0.4, 0.5) is 0 Å². The van der Waals surface area contributed by atoms with Crippen LogP contribution in [0.1, 0.15) is 46.1 Å². The molecule has 6 nitrogen and oxygen atoms in total. The van der Waals surface area contributed by atoms with Crippen LogP contribution in [0, 0.1) is 5.92 Å². The van der Waals surface area contributed by atoms with Crippen LogP contribution in [0.25, 0.3) is 0 Å². The number of ether oxygens (including phenoxy) is 2. The van der Waals surface area contributed by atoms with E-state index in [1.807, 2.05) is 6.07 Å². The number of carboxylic acid groups (broad SMARTS) is 1. The molecule has 0 saturated heterocycles. The Hall–Kier alpha value is -2.05. The van der Waals surface area contributed by atoms with Crippen molar-refractivity contribution in [2.45, 2.75) is 53.0 Å². The molecule has 6 heteroatoms. The van der Waals surface area contributed by atoms with Crippen molar-refractivity contribution in [1.82, 2.24) is 5.32 Å². The fourth-order valence-corrected chi connectivity index (χ4v) is 2.27. The average Bonchev–Trinajstić information content (AvgIpc) is 3.12. The third kappa shape index (κ3) is 13.8.